The van der Waals surface area contributed by atoms with Gasteiger partial charge >= 0.3 is 5.97 Å². The van der Waals surface area contributed by atoms with Crippen LogP contribution in [0, 0.1) is 11.7 Å². The molecule has 2 aliphatic rings. The molecular formula is C19H15ClFNO2. The zero-order chi connectivity index (χ0) is 16.8. The van der Waals surface area contributed by atoms with Crippen LogP contribution in [0.2, 0.25) is 5.02 Å². The van der Waals surface area contributed by atoms with E-state index < -0.39 is 5.97 Å². The third-order valence-corrected chi connectivity index (χ3v) is 5.25. The molecule has 0 amide bonds. The Morgan fingerprint density at radius 3 is 2.88 bits per heavy atom. The lowest BCUT2D eigenvalue weighted by molar-refractivity contribution is 0.0696. The van der Waals surface area contributed by atoms with E-state index in [-0.39, 0.29) is 29.3 Å². The molecule has 0 fully saturated rings. The zero-order valence-corrected chi connectivity index (χ0v) is 13.4. The van der Waals surface area contributed by atoms with E-state index >= 15 is 0 Å². The predicted octanol–water partition coefficient (Wildman–Crippen LogP) is 5.00. The molecule has 1 aliphatic carbocycles. The van der Waals surface area contributed by atoms with Gasteiger partial charge in [0.1, 0.15) is 5.82 Å². The van der Waals surface area contributed by atoms with Gasteiger partial charge < -0.3 is 10.4 Å². The van der Waals surface area contributed by atoms with Crippen LogP contribution < -0.4 is 5.32 Å². The lowest BCUT2D eigenvalue weighted by Gasteiger charge is -2.38. The summed E-state index contributed by atoms with van der Waals surface area (Å²) in [5, 5.41) is 13.0. The summed E-state index contributed by atoms with van der Waals surface area (Å²) in [6.07, 6.45) is 4.95. The number of carboxylic acids is 1. The molecule has 0 bridgehead atoms. The Hall–Kier alpha value is -2.33. The highest BCUT2D eigenvalue weighted by Gasteiger charge is 2.39. The molecule has 0 unspecified atom stereocenters. The van der Waals surface area contributed by atoms with Crippen molar-refractivity contribution in [2.75, 3.05) is 5.32 Å². The number of anilines is 1. The van der Waals surface area contributed by atoms with Crippen LogP contribution >= 0.6 is 11.6 Å². The maximum atomic E-state index is 14.4. The third-order valence-electron chi connectivity index (χ3n) is 4.92. The Bertz CT molecular complexity index is 844. The third kappa shape index (κ3) is 2.29. The zero-order valence-electron chi connectivity index (χ0n) is 12.7. The number of carboxylic acid groups (broad SMARTS) is 1. The molecule has 2 aromatic rings. The fraction of sp³-hybridized carbons (Fsp3) is 0.211. The van der Waals surface area contributed by atoms with Crippen LogP contribution in [0.4, 0.5) is 10.1 Å². The highest BCUT2D eigenvalue weighted by molar-refractivity contribution is 6.31. The van der Waals surface area contributed by atoms with Crippen LogP contribution in [0.15, 0.2) is 48.6 Å². The van der Waals surface area contributed by atoms with E-state index in [1.165, 1.54) is 6.07 Å². The number of fused-ring (bicyclic) bond motifs is 3. The van der Waals surface area contributed by atoms with Crippen LogP contribution in [0.25, 0.3) is 0 Å². The highest BCUT2D eigenvalue weighted by atomic mass is 35.5. The summed E-state index contributed by atoms with van der Waals surface area (Å²) in [7, 11) is 0. The second-order valence-electron chi connectivity index (χ2n) is 6.22. The van der Waals surface area contributed by atoms with Crippen LogP contribution in [-0.2, 0) is 0 Å². The topological polar surface area (TPSA) is 49.3 Å². The van der Waals surface area contributed by atoms with Gasteiger partial charge in [-0.3, -0.25) is 0 Å². The fourth-order valence-corrected chi connectivity index (χ4v) is 4.10. The van der Waals surface area contributed by atoms with Crippen LogP contribution in [-0.4, -0.2) is 11.1 Å². The average Bonchev–Trinajstić information content (AvgIpc) is 3.04. The molecule has 2 aromatic carbocycles. The van der Waals surface area contributed by atoms with Gasteiger partial charge in [-0.05, 0) is 48.2 Å². The van der Waals surface area contributed by atoms with Gasteiger partial charge in [-0.25, -0.2) is 9.18 Å². The van der Waals surface area contributed by atoms with Gasteiger partial charge in [-0.1, -0.05) is 29.8 Å². The average molecular weight is 344 g/mol. The Morgan fingerprint density at radius 2 is 2.12 bits per heavy atom. The molecule has 0 spiro atoms. The second kappa shape index (κ2) is 5.64. The molecule has 0 saturated heterocycles. The number of carbonyl (C=O) groups is 1. The van der Waals surface area contributed by atoms with Gasteiger partial charge in [-0.2, -0.15) is 0 Å². The molecule has 0 radical (unpaired) electrons. The van der Waals surface area contributed by atoms with E-state index in [1.807, 2.05) is 0 Å². The summed E-state index contributed by atoms with van der Waals surface area (Å²) in [6.45, 7) is 0. The first kappa shape index (κ1) is 15.2. The summed E-state index contributed by atoms with van der Waals surface area (Å²) in [5.74, 6) is -1.11. The summed E-state index contributed by atoms with van der Waals surface area (Å²) >= 11 is 6.27. The van der Waals surface area contributed by atoms with Crippen molar-refractivity contribution < 1.29 is 14.3 Å². The number of hydrogen-bond donors (Lipinski definition) is 2. The molecule has 1 heterocycles. The van der Waals surface area contributed by atoms with E-state index in [2.05, 4.69) is 17.5 Å². The summed E-state index contributed by atoms with van der Waals surface area (Å²) in [5.41, 5.74) is 2.51. The normalized spacial score (nSPS) is 24.2. The van der Waals surface area contributed by atoms with E-state index in [0.717, 1.165) is 17.7 Å². The van der Waals surface area contributed by atoms with E-state index in [9.17, 15) is 14.3 Å². The SMILES string of the molecule is O=C(O)c1ccc2c(c1)[C@@H]1C=CC[C@@H]1[C@@H](c1c(F)cccc1Cl)N2. The first-order valence-corrected chi connectivity index (χ1v) is 8.18. The Kier molecular flexibility index (Phi) is 3.57. The smallest absolute Gasteiger partial charge is 0.335 e. The number of allylic oxidation sites excluding steroid dienone is 2. The van der Waals surface area contributed by atoms with Crippen molar-refractivity contribution in [3.8, 4) is 0 Å². The molecule has 122 valence electrons. The van der Waals surface area contributed by atoms with Crippen molar-refractivity contribution in [3.05, 3.63) is 76.1 Å². The van der Waals surface area contributed by atoms with E-state index in [4.69, 9.17) is 11.6 Å². The highest BCUT2D eigenvalue weighted by Crippen LogP contribution is 2.51. The lowest BCUT2D eigenvalue weighted by Crippen LogP contribution is -2.30. The summed E-state index contributed by atoms with van der Waals surface area (Å²) in [6, 6.07) is 9.49. The number of aromatic carboxylic acids is 1. The summed E-state index contributed by atoms with van der Waals surface area (Å²) < 4.78 is 14.4. The standard InChI is InChI=1S/C19H15ClFNO2/c20-14-5-2-6-15(21)17(14)18-12-4-1-3-11(12)13-9-10(19(23)24)7-8-16(13)22-18/h1-3,5-9,11-12,18,22H,4H2,(H,23,24)/t11-,12+,18+/m1/s1. The summed E-state index contributed by atoms with van der Waals surface area (Å²) in [4.78, 5) is 11.2. The predicted molar refractivity (Wildman–Crippen MR) is 91.2 cm³/mol. The Balaban J connectivity index is 1.83. The maximum absolute atomic E-state index is 14.4. The molecular weight excluding hydrogens is 329 g/mol. The molecule has 0 aromatic heterocycles. The molecule has 2 N–H and O–H groups in total. The quantitative estimate of drug-likeness (QED) is 0.754. The number of benzene rings is 2. The molecule has 3 nitrogen and oxygen atoms in total. The van der Waals surface area contributed by atoms with Gasteiger partial charge in [0.15, 0.2) is 0 Å². The first-order chi connectivity index (χ1) is 11.6. The van der Waals surface area contributed by atoms with Crippen molar-refractivity contribution in [3.63, 3.8) is 0 Å². The minimum Gasteiger partial charge on any atom is -0.478 e. The number of halogens is 2. The van der Waals surface area contributed by atoms with Crippen LogP contribution in [0.3, 0.4) is 0 Å². The van der Waals surface area contributed by atoms with Gasteiger partial charge in [0.25, 0.3) is 0 Å². The van der Waals surface area contributed by atoms with Crippen molar-refractivity contribution in [1.29, 1.82) is 0 Å². The van der Waals surface area contributed by atoms with Gasteiger partial charge in [0, 0.05) is 22.2 Å². The fourth-order valence-electron chi connectivity index (χ4n) is 3.82. The number of rotatable bonds is 2. The maximum Gasteiger partial charge on any atom is 0.335 e. The Morgan fingerprint density at radius 1 is 1.29 bits per heavy atom. The van der Waals surface area contributed by atoms with E-state index in [1.54, 1.807) is 30.3 Å². The van der Waals surface area contributed by atoms with Crippen LogP contribution in [0.1, 0.15) is 39.9 Å². The number of hydrogen-bond acceptors (Lipinski definition) is 2. The minimum absolute atomic E-state index is 0.0567. The van der Waals surface area contributed by atoms with E-state index in [0.29, 0.717) is 10.6 Å². The largest absolute Gasteiger partial charge is 0.478 e. The van der Waals surface area contributed by atoms with Crippen molar-refractivity contribution in [1.82, 2.24) is 0 Å². The minimum atomic E-state index is -0.949. The van der Waals surface area contributed by atoms with Gasteiger partial charge in [-0.15, -0.1) is 0 Å². The molecule has 0 saturated carbocycles. The molecule has 4 rings (SSSR count). The molecule has 24 heavy (non-hydrogen) atoms. The van der Waals surface area contributed by atoms with Crippen molar-refractivity contribution >= 4 is 23.3 Å². The molecule has 5 heteroatoms. The van der Waals surface area contributed by atoms with Gasteiger partial charge in [0.05, 0.1) is 11.6 Å². The monoisotopic (exact) mass is 343 g/mol. The molecule has 1 aliphatic heterocycles. The van der Waals surface area contributed by atoms with Crippen molar-refractivity contribution in [2.45, 2.75) is 18.4 Å². The molecule has 3 atom stereocenters. The lowest BCUT2D eigenvalue weighted by atomic mass is 9.76. The van der Waals surface area contributed by atoms with Crippen LogP contribution in [0.5, 0.6) is 0 Å². The Labute approximate surface area is 143 Å². The second-order valence-corrected chi connectivity index (χ2v) is 6.63. The first-order valence-electron chi connectivity index (χ1n) is 7.80. The number of nitrogens with one attached hydrogen (secondary N) is 1. The van der Waals surface area contributed by atoms with Gasteiger partial charge in [0.2, 0.25) is 0 Å². The van der Waals surface area contributed by atoms with Crippen molar-refractivity contribution in [2.24, 2.45) is 5.92 Å².